The van der Waals surface area contributed by atoms with Crippen molar-refractivity contribution in [2.24, 2.45) is 23.2 Å². The third-order valence-electron chi connectivity index (χ3n) is 8.66. The van der Waals surface area contributed by atoms with Gasteiger partial charge in [0.15, 0.2) is 5.78 Å². The molecule has 33 heavy (non-hydrogen) atoms. The number of fused-ring (bicyclic) bond motifs is 3. The summed E-state index contributed by atoms with van der Waals surface area (Å²) in [6.07, 6.45) is 10.8. The number of ketones is 1. The van der Waals surface area contributed by atoms with E-state index in [0.717, 1.165) is 35.4 Å². The molecule has 4 fully saturated rings. The maximum atomic E-state index is 13.1. The number of carbonyl (C=O) groups excluding carboxylic acids is 1. The lowest BCUT2D eigenvalue weighted by atomic mass is 9.48. The summed E-state index contributed by atoms with van der Waals surface area (Å²) >= 11 is 0. The summed E-state index contributed by atoms with van der Waals surface area (Å²) in [5, 5.41) is 13.7. The highest BCUT2D eigenvalue weighted by atomic mass is 16.1. The molecule has 0 N–H and O–H groups in total. The van der Waals surface area contributed by atoms with Crippen LogP contribution in [0.1, 0.15) is 44.9 Å². The molecule has 4 nitrogen and oxygen atoms in total. The fraction of sp³-hybridized carbons (Fsp3) is 0.414. The van der Waals surface area contributed by atoms with Gasteiger partial charge in [0.2, 0.25) is 0 Å². The van der Waals surface area contributed by atoms with Crippen LogP contribution in [0.5, 0.6) is 0 Å². The minimum Gasteiger partial charge on any atom is -0.298 e. The maximum absolute atomic E-state index is 13.1. The van der Waals surface area contributed by atoms with Gasteiger partial charge in [-0.3, -0.25) is 4.79 Å². The Morgan fingerprint density at radius 3 is 2.24 bits per heavy atom. The zero-order chi connectivity index (χ0) is 22.0. The molecular formula is C29H29N3O. The van der Waals surface area contributed by atoms with Crippen molar-refractivity contribution in [2.45, 2.75) is 51.5 Å². The lowest BCUT2D eigenvalue weighted by molar-refractivity contribution is -0.128. The summed E-state index contributed by atoms with van der Waals surface area (Å²) in [5.41, 5.74) is 2.19. The van der Waals surface area contributed by atoms with Gasteiger partial charge in [-0.1, -0.05) is 53.7 Å². The minimum absolute atomic E-state index is 0.282. The van der Waals surface area contributed by atoms with Crippen LogP contribution in [0.15, 0.2) is 60.8 Å². The van der Waals surface area contributed by atoms with Crippen molar-refractivity contribution in [3.05, 3.63) is 60.8 Å². The van der Waals surface area contributed by atoms with Gasteiger partial charge in [0.1, 0.15) is 12.2 Å². The average Bonchev–Trinajstić information content (AvgIpc) is 3.25. The van der Waals surface area contributed by atoms with Gasteiger partial charge in [0.25, 0.3) is 0 Å². The van der Waals surface area contributed by atoms with Crippen molar-refractivity contribution in [2.75, 3.05) is 0 Å². The van der Waals surface area contributed by atoms with Crippen LogP contribution >= 0.6 is 0 Å². The Hall–Kier alpha value is -3.01. The molecule has 4 bridgehead atoms. The number of Topliss-reactive ketones (excluding diaryl/α,β-unsaturated/α-hetero) is 1. The van der Waals surface area contributed by atoms with Gasteiger partial charge in [-0.2, -0.15) is 0 Å². The minimum atomic E-state index is 0.282. The molecule has 4 heteroatoms. The molecular weight excluding hydrogens is 406 g/mol. The van der Waals surface area contributed by atoms with Gasteiger partial charge in [-0.15, -0.1) is 5.10 Å². The number of hydrogen-bond acceptors (Lipinski definition) is 3. The van der Waals surface area contributed by atoms with Gasteiger partial charge in [-0.25, -0.2) is 4.68 Å². The van der Waals surface area contributed by atoms with Crippen molar-refractivity contribution in [1.82, 2.24) is 15.0 Å². The van der Waals surface area contributed by atoms with Gasteiger partial charge < -0.3 is 0 Å². The van der Waals surface area contributed by atoms with E-state index < -0.39 is 0 Å². The number of hydrogen-bond donors (Lipinski definition) is 0. The van der Waals surface area contributed by atoms with Crippen LogP contribution in [0.2, 0.25) is 0 Å². The maximum Gasteiger partial charge on any atom is 0.154 e. The highest BCUT2D eigenvalue weighted by Gasteiger charge is 2.51. The van der Waals surface area contributed by atoms with Crippen LogP contribution in [0.25, 0.3) is 32.8 Å². The molecule has 1 aromatic heterocycles. The SMILES string of the molecule is O=C(Cn1cc(-c2cc3ccccc3c3ccccc23)nn1)CC12CC3CC(CC(C3)C1)C2. The summed E-state index contributed by atoms with van der Waals surface area (Å²) in [5.74, 6) is 2.95. The largest absolute Gasteiger partial charge is 0.298 e. The summed E-state index contributed by atoms with van der Waals surface area (Å²) in [6, 6.07) is 19.1. The van der Waals surface area contributed by atoms with E-state index in [9.17, 15) is 4.79 Å². The van der Waals surface area contributed by atoms with Crippen LogP contribution in [0.4, 0.5) is 0 Å². The molecule has 0 saturated heterocycles. The van der Waals surface area contributed by atoms with Crippen LogP contribution in [0, 0.1) is 23.2 Å². The average molecular weight is 436 g/mol. The van der Waals surface area contributed by atoms with E-state index in [-0.39, 0.29) is 5.41 Å². The lowest BCUT2D eigenvalue weighted by Gasteiger charge is -2.56. The Morgan fingerprint density at radius 2 is 1.52 bits per heavy atom. The third kappa shape index (κ3) is 3.30. The molecule has 4 saturated carbocycles. The topological polar surface area (TPSA) is 47.8 Å². The Balaban J connectivity index is 1.16. The van der Waals surface area contributed by atoms with E-state index in [1.165, 1.54) is 60.1 Å². The Bertz CT molecular complexity index is 1350. The lowest BCUT2D eigenvalue weighted by Crippen LogP contribution is -2.47. The monoisotopic (exact) mass is 435 g/mol. The highest BCUT2D eigenvalue weighted by molar-refractivity contribution is 6.13. The number of aromatic nitrogens is 3. The highest BCUT2D eigenvalue weighted by Crippen LogP contribution is 2.61. The van der Waals surface area contributed by atoms with Crippen molar-refractivity contribution in [1.29, 1.82) is 0 Å². The van der Waals surface area contributed by atoms with E-state index in [2.05, 4.69) is 64.9 Å². The molecule has 4 aliphatic carbocycles. The van der Waals surface area contributed by atoms with Crippen LogP contribution in [-0.2, 0) is 11.3 Å². The first-order valence-corrected chi connectivity index (χ1v) is 12.5. The van der Waals surface area contributed by atoms with Gasteiger partial charge in [-0.05, 0) is 89.3 Å². The van der Waals surface area contributed by atoms with E-state index in [4.69, 9.17) is 0 Å². The van der Waals surface area contributed by atoms with Gasteiger partial charge in [0, 0.05) is 12.0 Å². The number of carbonyl (C=O) groups is 1. The summed E-state index contributed by atoms with van der Waals surface area (Å²) in [7, 11) is 0. The van der Waals surface area contributed by atoms with Gasteiger partial charge >= 0.3 is 0 Å². The molecule has 4 aliphatic rings. The molecule has 4 aromatic rings. The molecule has 0 aliphatic heterocycles. The quantitative estimate of drug-likeness (QED) is 0.340. The second kappa shape index (κ2) is 7.24. The fourth-order valence-corrected chi connectivity index (χ4v) is 7.93. The smallest absolute Gasteiger partial charge is 0.154 e. The first-order valence-electron chi connectivity index (χ1n) is 12.5. The molecule has 0 atom stereocenters. The van der Waals surface area contributed by atoms with E-state index in [1.807, 2.05) is 6.20 Å². The Labute approximate surface area is 194 Å². The Morgan fingerprint density at radius 1 is 0.879 bits per heavy atom. The molecule has 0 radical (unpaired) electrons. The summed E-state index contributed by atoms with van der Waals surface area (Å²) in [4.78, 5) is 13.1. The predicted molar refractivity (Wildman–Crippen MR) is 131 cm³/mol. The second-order valence-electron chi connectivity index (χ2n) is 11.1. The standard InChI is InChI=1S/C29H29N3O/c33-23(16-29-13-19-9-20(14-29)11-21(10-19)15-29)17-32-18-28(30-31-32)27-12-22-5-1-2-6-24(22)25-7-3-4-8-26(25)27/h1-8,12,18-21H,9-11,13-17H2. The number of benzene rings is 3. The molecule has 0 unspecified atom stereocenters. The summed E-state index contributed by atoms with van der Waals surface area (Å²) in [6.45, 7) is 0.334. The molecule has 1 heterocycles. The van der Waals surface area contributed by atoms with Crippen LogP contribution < -0.4 is 0 Å². The van der Waals surface area contributed by atoms with Crippen molar-refractivity contribution < 1.29 is 4.79 Å². The van der Waals surface area contributed by atoms with E-state index in [1.54, 1.807) is 4.68 Å². The predicted octanol–water partition coefficient (Wildman–Crippen LogP) is 6.43. The molecule has 3 aromatic carbocycles. The van der Waals surface area contributed by atoms with Crippen molar-refractivity contribution >= 4 is 27.3 Å². The fourth-order valence-electron chi connectivity index (χ4n) is 7.93. The van der Waals surface area contributed by atoms with Crippen molar-refractivity contribution in [3.8, 4) is 11.3 Å². The summed E-state index contributed by atoms with van der Waals surface area (Å²) < 4.78 is 1.75. The van der Waals surface area contributed by atoms with Gasteiger partial charge in [0.05, 0.1) is 6.20 Å². The van der Waals surface area contributed by atoms with E-state index >= 15 is 0 Å². The van der Waals surface area contributed by atoms with Crippen LogP contribution in [0.3, 0.4) is 0 Å². The third-order valence-corrected chi connectivity index (χ3v) is 8.66. The number of rotatable bonds is 5. The first-order chi connectivity index (χ1) is 16.1. The van der Waals surface area contributed by atoms with Crippen LogP contribution in [-0.4, -0.2) is 20.8 Å². The molecule has 0 spiro atoms. The molecule has 166 valence electrons. The molecule has 8 rings (SSSR count). The zero-order valence-corrected chi connectivity index (χ0v) is 18.9. The second-order valence-corrected chi connectivity index (χ2v) is 11.1. The normalized spacial score (nSPS) is 28.1. The van der Waals surface area contributed by atoms with Crippen molar-refractivity contribution in [3.63, 3.8) is 0 Å². The van der Waals surface area contributed by atoms with E-state index in [0.29, 0.717) is 12.3 Å². The Kier molecular flexibility index (Phi) is 4.27. The zero-order valence-electron chi connectivity index (χ0n) is 18.9. The molecule has 0 amide bonds. The first kappa shape index (κ1) is 19.5. The number of nitrogens with zero attached hydrogens (tertiary/aromatic N) is 3.